The highest BCUT2D eigenvalue weighted by molar-refractivity contribution is 7.13. The summed E-state index contributed by atoms with van der Waals surface area (Å²) in [6.45, 7) is 2.61. The van der Waals surface area contributed by atoms with Crippen LogP contribution in [0.25, 0.3) is 10.1 Å². The number of nitrogens with zero attached hydrogens (tertiary/aromatic N) is 3. The number of fused-ring (bicyclic) bond motifs is 1. The van der Waals surface area contributed by atoms with Gasteiger partial charge in [-0.2, -0.15) is 5.10 Å². The van der Waals surface area contributed by atoms with Gasteiger partial charge in [-0.25, -0.2) is 0 Å². The van der Waals surface area contributed by atoms with Crippen LogP contribution in [0.4, 0.5) is 0 Å². The Labute approximate surface area is 108 Å². The third-order valence-electron chi connectivity index (χ3n) is 3.20. The summed E-state index contributed by atoms with van der Waals surface area (Å²) in [5, 5.41) is 5.00. The zero-order valence-electron chi connectivity index (χ0n) is 10.3. The van der Waals surface area contributed by atoms with Crippen molar-refractivity contribution in [2.45, 2.75) is 13.5 Å². The molecular weight excluding hydrogens is 246 g/mol. The van der Waals surface area contributed by atoms with E-state index >= 15 is 0 Å². The summed E-state index contributed by atoms with van der Waals surface area (Å²) in [5.41, 5.74) is 2.27. The Morgan fingerprint density at radius 1 is 1.33 bits per heavy atom. The lowest BCUT2D eigenvalue weighted by molar-refractivity contribution is 0.734. The first kappa shape index (κ1) is 11.2. The van der Waals surface area contributed by atoms with Gasteiger partial charge in [0.05, 0.1) is 22.8 Å². The molecule has 5 heteroatoms. The number of hydrogen-bond donors (Lipinski definition) is 0. The molecule has 2 aromatic heterocycles. The van der Waals surface area contributed by atoms with Crippen LogP contribution < -0.4 is 5.56 Å². The Hall–Kier alpha value is -1.88. The molecule has 92 valence electrons. The van der Waals surface area contributed by atoms with E-state index < -0.39 is 0 Å². The zero-order chi connectivity index (χ0) is 12.7. The third kappa shape index (κ3) is 1.67. The maximum atomic E-state index is 12.2. The smallest absolute Gasteiger partial charge is 0.268 e. The number of aryl methyl sites for hydroxylation is 1. The van der Waals surface area contributed by atoms with Gasteiger partial charge < -0.3 is 0 Å². The van der Waals surface area contributed by atoms with Gasteiger partial charge in [-0.05, 0) is 19.1 Å². The highest BCUT2D eigenvalue weighted by Crippen LogP contribution is 2.17. The predicted octanol–water partition coefficient (Wildman–Crippen LogP) is 2.15. The average molecular weight is 259 g/mol. The summed E-state index contributed by atoms with van der Waals surface area (Å²) < 4.78 is 4.64. The van der Waals surface area contributed by atoms with Crippen LogP contribution >= 0.6 is 11.5 Å². The van der Waals surface area contributed by atoms with Gasteiger partial charge in [-0.1, -0.05) is 23.7 Å². The van der Waals surface area contributed by atoms with Gasteiger partial charge in [0, 0.05) is 18.3 Å². The number of hydrogen-bond acceptors (Lipinski definition) is 3. The molecule has 2 heterocycles. The second-order valence-electron chi connectivity index (χ2n) is 4.31. The SMILES string of the molecule is Cc1c(Cn2sc3ccccc3c2=O)cnn1C. The van der Waals surface area contributed by atoms with Gasteiger partial charge in [0.15, 0.2) is 0 Å². The lowest BCUT2D eigenvalue weighted by Crippen LogP contribution is -2.13. The van der Waals surface area contributed by atoms with Crippen LogP contribution in [0.1, 0.15) is 11.3 Å². The molecular formula is C13H13N3OS. The van der Waals surface area contributed by atoms with Crippen molar-refractivity contribution in [1.82, 2.24) is 13.7 Å². The van der Waals surface area contributed by atoms with E-state index in [0.717, 1.165) is 21.3 Å². The van der Waals surface area contributed by atoms with E-state index in [1.807, 2.05) is 49.1 Å². The molecule has 0 bridgehead atoms. The van der Waals surface area contributed by atoms with Crippen LogP contribution in [0.15, 0.2) is 35.3 Å². The molecule has 0 unspecified atom stereocenters. The molecule has 0 aliphatic heterocycles. The summed E-state index contributed by atoms with van der Waals surface area (Å²) in [7, 11) is 1.91. The molecule has 0 spiro atoms. The summed E-state index contributed by atoms with van der Waals surface area (Å²) in [5.74, 6) is 0. The molecule has 18 heavy (non-hydrogen) atoms. The van der Waals surface area contributed by atoms with E-state index in [2.05, 4.69) is 5.10 Å². The molecule has 3 aromatic rings. The Bertz CT molecular complexity index is 766. The van der Waals surface area contributed by atoms with Gasteiger partial charge in [0.1, 0.15) is 0 Å². The fourth-order valence-electron chi connectivity index (χ4n) is 1.98. The quantitative estimate of drug-likeness (QED) is 0.707. The standard InChI is InChI=1S/C13H13N3OS/c1-9-10(7-14-15(9)2)8-16-13(17)11-5-3-4-6-12(11)18-16/h3-7H,8H2,1-2H3. The molecule has 0 radical (unpaired) electrons. The molecule has 0 atom stereocenters. The molecule has 0 aliphatic carbocycles. The Balaban J connectivity index is 2.08. The maximum Gasteiger partial charge on any atom is 0.268 e. The summed E-state index contributed by atoms with van der Waals surface area (Å²) in [6.07, 6.45) is 1.83. The lowest BCUT2D eigenvalue weighted by Gasteiger charge is -2.00. The lowest BCUT2D eigenvalue weighted by atomic mass is 10.2. The van der Waals surface area contributed by atoms with E-state index in [4.69, 9.17) is 0 Å². The number of aromatic nitrogens is 3. The highest BCUT2D eigenvalue weighted by Gasteiger charge is 2.10. The van der Waals surface area contributed by atoms with E-state index in [1.165, 1.54) is 11.5 Å². The van der Waals surface area contributed by atoms with Crippen LogP contribution in [0.2, 0.25) is 0 Å². The van der Waals surface area contributed by atoms with Gasteiger partial charge in [0.2, 0.25) is 0 Å². The molecule has 0 aliphatic rings. The second kappa shape index (κ2) is 4.10. The van der Waals surface area contributed by atoms with Crippen molar-refractivity contribution in [2.75, 3.05) is 0 Å². The fraction of sp³-hybridized carbons (Fsp3) is 0.231. The van der Waals surface area contributed by atoms with Gasteiger partial charge >= 0.3 is 0 Å². The van der Waals surface area contributed by atoms with E-state index in [-0.39, 0.29) is 5.56 Å². The minimum atomic E-state index is 0.0823. The Morgan fingerprint density at radius 3 is 2.78 bits per heavy atom. The topological polar surface area (TPSA) is 39.8 Å². The highest BCUT2D eigenvalue weighted by atomic mass is 32.1. The maximum absolute atomic E-state index is 12.2. The van der Waals surface area contributed by atoms with Gasteiger partial charge in [0.25, 0.3) is 5.56 Å². The Morgan fingerprint density at radius 2 is 2.11 bits per heavy atom. The van der Waals surface area contributed by atoms with Crippen LogP contribution in [0, 0.1) is 6.92 Å². The van der Waals surface area contributed by atoms with Crippen molar-refractivity contribution in [3.05, 3.63) is 52.1 Å². The molecule has 0 saturated carbocycles. The van der Waals surface area contributed by atoms with Crippen molar-refractivity contribution in [1.29, 1.82) is 0 Å². The van der Waals surface area contributed by atoms with Crippen LogP contribution in [-0.4, -0.2) is 13.7 Å². The van der Waals surface area contributed by atoms with Crippen molar-refractivity contribution >= 4 is 21.6 Å². The van der Waals surface area contributed by atoms with Crippen molar-refractivity contribution in [2.24, 2.45) is 7.05 Å². The van der Waals surface area contributed by atoms with Crippen LogP contribution in [0.3, 0.4) is 0 Å². The van der Waals surface area contributed by atoms with Crippen LogP contribution in [-0.2, 0) is 13.6 Å². The molecule has 1 aromatic carbocycles. The van der Waals surface area contributed by atoms with Gasteiger partial charge in [-0.15, -0.1) is 0 Å². The molecule has 0 fully saturated rings. The first-order chi connectivity index (χ1) is 8.66. The normalized spacial score (nSPS) is 11.2. The summed E-state index contributed by atoms with van der Waals surface area (Å²) >= 11 is 1.50. The molecule has 0 N–H and O–H groups in total. The largest absolute Gasteiger partial charge is 0.273 e. The molecule has 3 rings (SSSR count). The van der Waals surface area contributed by atoms with E-state index in [0.29, 0.717) is 6.54 Å². The monoisotopic (exact) mass is 259 g/mol. The van der Waals surface area contributed by atoms with Crippen LogP contribution in [0.5, 0.6) is 0 Å². The average Bonchev–Trinajstić information content (AvgIpc) is 2.86. The minimum Gasteiger partial charge on any atom is -0.273 e. The van der Waals surface area contributed by atoms with Crippen molar-refractivity contribution in [3.8, 4) is 0 Å². The predicted molar refractivity (Wildman–Crippen MR) is 73.1 cm³/mol. The van der Waals surface area contributed by atoms with Gasteiger partial charge in [-0.3, -0.25) is 13.4 Å². The molecule has 4 nitrogen and oxygen atoms in total. The first-order valence-electron chi connectivity index (χ1n) is 5.73. The number of benzene rings is 1. The van der Waals surface area contributed by atoms with Crippen molar-refractivity contribution < 1.29 is 0 Å². The third-order valence-corrected chi connectivity index (χ3v) is 4.27. The van der Waals surface area contributed by atoms with E-state index in [9.17, 15) is 4.79 Å². The molecule has 0 saturated heterocycles. The summed E-state index contributed by atoms with van der Waals surface area (Å²) in [6, 6.07) is 7.71. The second-order valence-corrected chi connectivity index (χ2v) is 5.37. The number of rotatable bonds is 2. The molecule has 0 amide bonds. The Kier molecular flexibility index (Phi) is 2.56. The first-order valence-corrected chi connectivity index (χ1v) is 6.50. The van der Waals surface area contributed by atoms with Crippen molar-refractivity contribution in [3.63, 3.8) is 0 Å². The zero-order valence-corrected chi connectivity index (χ0v) is 11.1. The van der Waals surface area contributed by atoms with E-state index in [1.54, 1.807) is 3.96 Å². The minimum absolute atomic E-state index is 0.0823. The summed E-state index contributed by atoms with van der Waals surface area (Å²) in [4.78, 5) is 12.2. The fourth-order valence-corrected chi connectivity index (χ4v) is 2.99.